The predicted octanol–water partition coefficient (Wildman–Crippen LogP) is 5.78. The van der Waals surface area contributed by atoms with Gasteiger partial charge in [0.25, 0.3) is 0 Å². The van der Waals surface area contributed by atoms with E-state index < -0.39 is 28.4 Å². The topological polar surface area (TPSA) is 39.1 Å². The van der Waals surface area contributed by atoms with E-state index in [1.165, 1.54) is 55.5 Å². The molecule has 150 valence electrons. The first-order chi connectivity index (χ1) is 13.0. The van der Waals surface area contributed by atoms with Crippen LogP contribution in [0, 0.1) is 0 Å². The van der Waals surface area contributed by atoms with Gasteiger partial charge in [0.1, 0.15) is 0 Å². The summed E-state index contributed by atoms with van der Waals surface area (Å²) in [6, 6.07) is 13.0. The fraction of sp³-hybridized carbons (Fsp3) is 0.545. The Balaban J connectivity index is 2.55. The molecule has 5 heteroatoms. The van der Waals surface area contributed by atoms with Gasteiger partial charge in [-0.3, -0.25) is 0 Å². The van der Waals surface area contributed by atoms with Crippen LogP contribution in [0.2, 0.25) is 13.3 Å². The molecule has 0 aliphatic heterocycles. The molecule has 0 amide bonds. The number of aromatic nitrogens is 1. The van der Waals surface area contributed by atoms with Gasteiger partial charge in [0.2, 0.25) is 0 Å². The van der Waals surface area contributed by atoms with Crippen LogP contribution in [-0.2, 0) is 10.0 Å². The van der Waals surface area contributed by atoms with Crippen LogP contribution >= 0.6 is 0 Å². The van der Waals surface area contributed by atoms with Gasteiger partial charge in [0, 0.05) is 0 Å². The summed E-state index contributed by atoms with van der Waals surface area (Å²) in [5.41, 5.74) is 0. The molecule has 0 spiro atoms. The molecule has 1 aromatic heterocycles. The zero-order chi connectivity index (χ0) is 19.8. The molecular weight excluding hydrogens is 461 g/mol. The van der Waals surface area contributed by atoms with Gasteiger partial charge in [-0.05, 0) is 0 Å². The van der Waals surface area contributed by atoms with Gasteiger partial charge in [0.05, 0.1) is 0 Å². The fourth-order valence-electron chi connectivity index (χ4n) is 4.00. The van der Waals surface area contributed by atoms with Crippen molar-refractivity contribution in [1.82, 2.24) is 3.97 Å². The van der Waals surface area contributed by atoms with Crippen LogP contribution in [0.5, 0.6) is 0 Å². The van der Waals surface area contributed by atoms with Crippen LogP contribution in [0.1, 0.15) is 59.3 Å². The average molecular weight is 496 g/mol. The summed E-state index contributed by atoms with van der Waals surface area (Å²) in [4.78, 5) is 0.393. The van der Waals surface area contributed by atoms with Crippen LogP contribution < -0.4 is 3.71 Å². The molecule has 1 aromatic carbocycles. The van der Waals surface area contributed by atoms with E-state index in [0.29, 0.717) is 4.90 Å². The molecule has 3 nitrogen and oxygen atoms in total. The second kappa shape index (κ2) is 10.7. The van der Waals surface area contributed by atoms with E-state index in [9.17, 15) is 8.42 Å². The normalized spacial score (nSPS) is 12.4. The molecule has 1 heterocycles. The van der Waals surface area contributed by atoms with Crippen LogP contribution in [0.25, 0.3) is 0 Å². The van der Waals surface area contributed by atoms with E-state index in [-0.39, 0.29) is 0 Å². The van der Waals surface area contributed by atoms with Crippen molar-refractivity contribution >= 4 is 32.1 Å². The molecule has 27 heavy (non-hydrogen) atoms. The molecule has 0 aliphatic rings. The minimum absolute atomic E-state index is 0.393. The van der Waals surface area contributed by atoms with Crippen molar-refractivity contribution in [2.24, 2.45) is 0 Å². The molecule has 2 rings (SSSR count). The van der Waals surface area contributed by atoms with Crippen molar-refractivity contribution in [3.8, 4) is 0 Å². The van der Waals surface area contributed by atoms with Gasteiger partial charge in [-0.15, -0.1) is 0 Å². The van der Waals surface area contributed by atoms with Crippen LogP contribution in [0.3, 0.4) is 0 Å². The summed E-state index contributed by atoms with van der Waals surface area (Å²) >= 11 is -2.82. The third kappa shape index (κ3) is 5.40. The summed E-state index contributed by atoms with van der Waals surface area (Å²) in [5, 5.41) is 0. The standard InChI is InChI=1S/C10H8NO2S.3C4H9.Sn/c12-14(13,11-8-4-5-9-11)10-6-2-1-3-7-10;3*1-3-4-2;/h1-8H;3*1,3-4H2,2H3;. The van der Waals surface area contributed by atoms with Gasteiger partial charge in [-0.25, -0.2) is 0 Å². The molecule has 0 bridgehead atoms. The van der Waals surface area contributed by atoms with Gasteiger partial charge in [-0.2, -0.15) is 0 Å². The van der Waals surface area contributed by atoms with E-state index in [0.717, 1.165) is 0 Å². The third-order valence-corrected chi connectivity index (χ3v) is 23.2. The minimum atomic E-state index is -3.52. The number of benzene rings is 1. The van der Waals surface area contributed by atoms with Gasteiger partial charge >= 0.3 is 171 Å². The second-order valence-electron chi connectivity index (χ2n) is 7.60. The first-order valence-corrected chi connectivity index (χ1v) is 19.4. The molecule has 2 aromatic rings. The maximum absolute atomic E-state index is 13.4. The van der Waals surface area contributed by atoms with Crippen molar-refractivity contribution in [1.29, 1.82) is 0 Å². The molecule has 0 N–H and O–H groups in total. The second-order valence-corrected chi connectivity index (χ2v) is 22.5. The van der Waals surface area contributed by atoms with Crippen molar-refractivity contribution in [3.05, 3.63) is 48.7 Å². The molecule has 0 radical (unpaired) electrons. The van der Waals surface area contributed by atoms with E-state index in [2.05, 4.69) is 26.8 Å². The molecule has 0 unspecified atom stereocenters. The zero-order valence-electron chi connectivity index (χ0n) is 17.2. The summed E-state index contributed by atoms with van der Waals surface area (Å²) in [7, 11) is -3.52. The molecular formula is C22H35NO2SSn. The zero-order valence-corrected chi connectivity index (χ0v) is 20.8. The van der Waals surface area contributed by atoms with E-state index >= 15 is 0 Å². The molecule has 0 saturated heterocycles. The molecule has 0 fully saturated rings. The third-order valence-electron chi connectivity index (χ3n) is 5.58. The molecule has 0 atom stereocenters. The van der Waals surface area contributed by atoms with Crippen molar-refractivity contribution in [2.75, 3.05) is 0 Å². The van der Waals surface area contributed by atoms with Gasteiger partial charge in [-0.1, -0.05) is 0 Å². The fourth-order valence-corrected chi connectivity index (χ4v) is 23.6. The average Bonchev–Trinajstić information content (AvgIpc) is 3.20. The van der Waals surface area contributed by atoms with Crippen molar-refractivity contribution < 1.29 is 8.42 Å². The summed E-state index contributed by atoms with van der Waals surface area (Å²) in [6.07, 6.45) is 9.00. The number of rotatable bonds is 12. The Hall–Kier alpha value is -0.751. The Morgan fingerprint density at radius 3 is 1.78 bits per heavy atom. The van der Waals surface area contributed by atoms with Gasteiger partial charge in [0.15, 0.2) is 0 Å². The van der Waals surface area contributed by atoms with Crippen LogP contribution in [0.15, 0.2) is 53.6 Å². The number of hydrogen-bond acceptors (Lipinski definition) is 2. The first-order valence-electron chi connectivity index (χ1n) is 10.5. The van der Waals surface area contributed by atoms with E-state index in [4.69, 9.17) is 0 Å². The number of hydrogen-bond donors (Lipinski definition) is 0. The first kappa shape index (κ1) is 22.5. The Morgan fingerprint density at radius 1 is 0.778 bits per heavy atom. The summed E-state index contributed by atoms with van der Waals surface area (Å²) < 4.78 is 33.4. The Kier molecular flexibility index (Phi) is 8.93. The SMILES string of the molecule is CCC[CH2][Sn]([CH2]CCC)([CH2]CCC)[c]1cccn1S(=O)(=O)c1ccccc1. The van der Waals surface area contributed by atoms with Gasteiger partial charge < -0.3 is 0 Å². The van der Waals surface area contributed by atoms with E-state index in [1.54, 1.807) is 34.4 Å². The monoisotopic (exact) mass is 497 g/mol. The Labute approximate surface area is 170 Å². The predicted molar refractivity (Wildman–Crippen MR) is 118 cm³/mol. The number of unbranched alkanes of at least 4 members (excludes halogenated alkanes) is 3. The van der Waals surface area contributed by atoms with Crippen LogP contribution in [-0.4, -0.2) is 30.8 Å². The molecule has 0 saturated carbocycles. The maximum atomic E-state index is 13.4. The van der Waals surface area contributed by atoms with Crippen molar-refractivity contribution in [2.45, 2.75) is 77.5 Å². The molecule has 0 aliphatic carbocycles. The summed E-state index contributed by atoms with van der Waals surface area (Å²) in [6.45, 7) is 6.74. The van der Waals surface area contributed by atoms with Crippen LogP contribution in [0.4, 0.5) is 0 Å². The van der Waals surface area contributed by atoms with E-state index in [1.807, 2.05) is 12.1 Å². The van der Waals surface area contributed by atoms with Crippen molar-refractivity contribution in [3.63, 3.8) is 0 Å². The Bertz CT molecular complexity index is 762. The number of nitrogens with zero attached hydrogens (tertiary/aromatic N) is 1. The summed E-state index contributed by atoms with van der Waals surface area (Å²) in [5.74, 6) is 0. The Morgan fingerprint density at radius 2 is 1.30 bits per heavy atom. The quantitative estimate of drug-likeness (QED) is 0.350.